The van der Waals surface area contributed by atoms with Crippen molar-refractivity contribution >= 4 is 5.97 Å². The molecule has 182 valence electrons. The molecule has 2 atom stereocenters. The number of ether oxygens (including phenoxy) is 5. The molecule has 2 aliphatic heterocycles. The Balaban J connectivity index is 1.05. The van der Waals surface area contributed by atoms with Gasteiger partial charge in [0.15, 0.2) is 0 Å². The van der Waals surface area contributed by atoms with Gasteiger partial charge in [-0.1, -0.05) is 0 Å². The Hall–Kier alpha value is -1.63. The van der Waals surface area contributed by atoms with Gasteiger partial charge in [0.2, 0.25) is 0 Å². The van der Waals surface area contributed by atoms with Gasteiger partial charge in [0.05, 0.1) is 31.5 Å². The maximum Gasteiger partial charge on any atom is 0.338 e. The molecule has 5 rings (SSSR count). The number of aryl methyl sites for hydroxylation is 2. The molecule has 6 heteroatoms. The molecule has 2 aliphatic carbocycles. The van der Waals surface area contributed by atoms with Crippen molar-refractivity contribution in [1.82, 2.24) is 0 Å². The van der Waals surface area contributed by atoms with Gasteiger partial charge in [-0.05, 0) is 100 Å². The summed E-state index contributed by atoms with van der Waals surface area (Å²) >= 11 is 0. The molecule has 6 nitrogen and oxygen atoms in total. The average Bonchev–Trinajstić information content (AvgIpc) is 3.73. The number of epoxide rings is 2. The first-order valence-corrected chi connectivity index (χ1v) is 12.8. The maximum absolute atomic E-state index is 12.8. The van der Waals surface area contributed by atoms with E-state index in [1.54, 1.807) is 0 Å². The van der Waals surface area contributed by atoms with Crippen LogP contribution >= 0.6 is 0 Å². The molecule has 33 heavy (non-hydrogen) atoms. The Labute approximate surface area is 197 Å². The van der Waals surface area contributed by atoms with Crippen LogP contribution in [0.3, 0.4) is 0 Å². The van der Waals surface area contributed by atoms with E-state index in [2.05, 4.69) is 0 Å². The topological polar surface area (TPSA) is 69.8 Å². The Morgan fingerprint density at radius 1 is 0.818 bits per heavy atom. The molecule has 1 aromatic rings. The number of carbonyl (C=O) groups is 1. The maximum atomic E-state index is 12.8. The predicted molar refractivity (Wildman–Crippen MR) is 124 cm³/mol. The zero-order valence-electron chi connectivity index (χ0n) is 20.1. The molecule has 0 N–H and O–H groups in total. The van der Waals surface area contributed by atoms with Gasteiger partial charge in [-0.15, -0.1) is 0 Å². The third-order valence-corrected chi connectivity index (χ3v) is 7.81. The van der Waals surface area contributed by atoms with Crippen LogP contribution in [0.1, 0.15) is 72.9 Å². The molecule has 1 aromatic carbocycles. The highest BCUT2D eigenvalue weighted by atomic mass is 16.6. The molecular weight excluding hydrogens is 420 g/mol. The fourth-order valence-corrected chi connectivity index (χ4v) is 5.67. The Kier molecular flexibility index (Phi) is 7.24. The average molecular weight is 459 g/mol. The van der Waals surface area contributed by atoms with Crippen molar-refractivity contribution in [2.24, 2.45) is 11.8 Å². The molecule has 4 aliphatic rings. The second-order valence-corrected chi connectivity index (χ2v) is 10.5. The fourth-order valence-electron chi connectivity index (χ4n) is 5.67. The molecule has 0 radical (unpaired) electrons. The summed E-state index contributed by atoms with van der Waals surface area (Å²) in [6.07, 6.45) is 10.2. The van der Waals surface area contributed by atoms with Crippen molar-refractivity contribution in [2.75, 3.05) is 26.4 Å². The first-order valence-electron chi connectivity index (χ1n) is 12.8. The lowest BCUT2D eigenvalue weighted by atomic mass is 9.72. The van der Waals surface area contributed by atoms with E-state index in [1.807, 2.05) is 26.0 Å². The van der Waals surface area contributed by atoms with E-state index in [-0.39, 0.29) is 18.2 Å². The first-order chi connectivity index (χ1) is 16.0. The summed E-state index contributed by atoms with van der Waals surface area (Å²) in [5.41, 5.74) is 2.56. The minimum atomic E-state index is -0.209. The lowest BCUT2D eigenvalue weighted by molar-refractivity contribution is -0.00857. The SMILES string of the molecule is Cc1cc(C(=O)OC2CCC(C3CCC(OCC4CO4)CC3)CC2)cc(C)c1OCC1CO1. The molecule has 2 heterocycles. The minimum absolute atomic E-state index is 0.0375. The summed E-state index contributed by atoms with van der Waals surface area (Å²) in [6.45, 7) is 6.96. The summed E-state index contributed by atoms with van der Waals surface area (Å²) in [5, 5.41) is 0. The molecule has 2 unspecified atom stereocenters. The van der Waals surface area contributed by atoms with E-state index >= 15 is 0 Å². The van der Waals surface area contributed by atoms with Crippen molar-refractivity contribution in [1.29, 1.82) is 0 Å². The Morgan fingerprint density at radius 3 is 1.88 bits per heavy atom. The van der Waals surface area contributed by atoms with Gasteiger partial charge in [0.1, 0.15) is 30.7 Å². The zero-order valence-corrected chi connectivity index (χ0v) is 20.1. The van der Waals surface area contributed by atoms with Gasteiger partial charge in [-0.25, -0.2) is 4.79 Å². The van der Waals surface area contributed by atoms with E-state index in [9.17, 15) is 4.79 Å². The van der Waals surface area contributed by atoms with E-state index in [1.165, 1.54) is 25.7 Å². The molecule has 0 amide bonds. The number of hydrogen-bond donors (Lipinski definition) is 0. The van der Waals surface area contributed by atoms with Crippen LogP contribution in [0, 0.1) is 25.7 Å². The van der Waals surface area contributed by atoms with Crippen LogP contribution in [0.4, 0.5) is 0 Å². The van der Waals surface area contributed by atoms with Crippen molar-refractivity contribution in [3.8, 4) is 5.75 Å². The monoisotopic (exact) mass is 458 g/mol. The van der Waals surface area contributed by atoms with Crippen LogP contribution in [-0.2, 0) is 18.9 Å². The standard InChI is InChI=1S/C27H38O6/c1-17-11-21(12-18(2)26(17)32-16-25-15-31-25)27(28)33-23-9-5-20(6-10-23)19-3-7-22(8-4-19)29-13-24-14-30-24/h11-12,19-20,22-25H,3-10,13-16H2,1-2H3. The highest BCUT2D eigenvalue weighted by Crippen LogP contribution is 2.40. The lowest BCUT2D eigenvalue weighted by Crippen LogP contribution is -2.31. The van der Waals surface area contributed by atoms with Crippen molar-refractivity contribution in [2.45, 2.75) is 89.6 Å². The number of carbonyl (C=O) groups excluding carboxylic acids is 1. The highest BCUT2D eigenvalue weighted by Gasteiger charge is 2.33. The number of benzene rings is 1. The van der Waals surface area contributed by atoms with Gasteiger partial charge < -0.3 is 23.7 Å². The third-order valence-electron chi connectivity index (χ3n) is 7.81. The summed E-state index contributed by atoms with van der Waals surface area (Å²) in [7, 11) is 0. The van der Waals surface area contributed by atoms with E-state index in [0.717, 1.165) is 74.2 Å². The minimum Gasteiger partial charge on any atom is -0.490 e. The van der Waals surface area contributed by atoms with Crippen LogP contribution in [-0.4, -0.2) is 56.8 Å². The van der Waals surface area contributed by atoms with Crippen LogP contribution in [0.2, 0.25) is 0 Å². The van der Waals surface area contributed by atoms with Crippen LogP contribution in [0.5, 0.6) is 5.75 Å². The van der Waals surface area contributed by atoms with Crippen molar-refractivity contribution < 1.29 is 28.5 Å². The summed E-state index contributed by atoms with van der Waals surface area (Å²) in [5.74, 6) is 2.21. The van der Waals surface area contributed by atoms with E-state index < -0.39 is 0 Å². The predicted octanol–water partition coefficient (Wildman–Crippen LogP) is 4.77. The van der Waals surface area contributed by atoms with Crippen LogP contribution in [0.15, 0.2) is 12.1 Å². The number of rotatable bonds is 9. The van der Waals surface area contributed by atoms with E-state index in [4.69, 9.17) is 23.7 Å². The number of esters is 1. The molecule has 0 spiro atoms. The summed E-state index contributed by atoms with van der Waals surface area (Å²) < 4.78 is 28.3. The van der Waals surface area contributed by atoms with Gasteiger partial charge in [0, 0.05) is 0 Å². The molecular formula is C27H38O6. The Morgan fingerprint density at radius 2 is 1.33 bits per heavy atom. The van der Waals surface area contributed by atoms with Gasteiger partial charge >= 0.3 is 5.97 Å². The highest BCUT2D eigenvalue weighted by molar-refractivity contribution is 5.90. The van der Waals surface area contributed by atoms with Crippen molar-refractivity contribution in [3.63, 3.8) is 0 Å². The zero-order chi connectivity index (χ0) is 22.8. The smallest absolute Gasteiger partial charge is 0.338 e. The molecule has 0 bridgehead atoms. The summed E-state index contributed by atoms with van der Waals surface area (Å²) in [6, 6.07) is 3.78. The Bertz CT molecular complexity index is 791. The van der Waals surface area contributed by atoms with Gasteiger partial charge in [-0.2, -0.15) is 0 Å². The van der Waals surface area contributed by atoms with Crippen molar-refractivity contribution in [3.05, 3.63) is 28.8 Å². The third kappa shape index (κ3) is 6.28. The normalized spacial score (nSPS) is 33.4. The lowest BCUT2D eigenvalue weighted by Gasteiger charge is -2.37. The second kappa shape index (κ2) is 10.3. The molecule has 2 saturated carbocycles. The second-order valence-electron chi connectivity index (χ2n) is 10.5. The summed E-state index contributed by atoms with van der Waals surface area (Å²) in [4.78, 5) is 12.8. The van der Waals surface area contributed by atoms with E-state index in [0.29, 0.717) is 24.4 Å². The van der Waals surface area contributed by atoms with Crippen LogP contribution < -0.4 is 4.74 Å². The number of hydrogen-bond acceptors (Lipinski definition) is 6. The molecule has 2 saturated heterocycles. The molecule has 4 fully saturated rings. The van der Waals surface area contributed by atoms with Crippen LogP contribution in [0.25, 0.3) is 0 Å². The first kappa shape index (κ1) is 23.1. The fraction of sp³-hybridized carbons (Fsp3) is 0.741. The van der Waals surface area contributed by atoms with Gasteiger partial charge in [0.25, 0.3) is 0 Å². The quantitative estimate of drug-likeness (QED) is 0.392. The molecule has 0 aromatic heterocycles. The largest absolute Gasteiger partial charge is 0.490 e. The van der Waals surface area contributed by atoms with Gasteiger partial charge in [-0.3, -0.25) is 0 Å².